The van der Waals surface area contributed by atoms with Gasteiger partial charge in [-0.1, -0.05) is 39.0 Å². The zero-order valence-electron chi connectivity index (χ0n) is 8.89. The van der Waals surface area contributed by atoms with Crippen molar-refractivity contribution in [3.05, 3.63) is 22.1 Å². The molecule has 0 saturated heterocycles. The molecule has 0 radical (unpaired) electrons. The summed E-state index contributed by atoms with van der Waals surface area (Å²) in [7, 11) is 0. The van der Waals surface area contributed by atoms with Gasteiger partial charge in [-0.15, -0.1) is 11.3 Å². The molecule has 0 nitrogen and oxygen atoms in total. The Morgan fingerprint density at radius 3 is 2.43 bits per heavy atom. The third-order valence-corrected chi connectivity index (χ3v) is 3.34. The summed E-state index contributed by atoms with van der Waals surface area (Å²) in [6, 6.07) is 3.48. The predicted molar refractivity (Wildman–Crippen MR) is 61.4 cm³/mol. The van der Waals surface area contributed by atoms with E-state index in [0.29, 0.717) is 0 Å². The van der Waals surface area contributed by atoms with Gasteiger partial charge in [-0.25, -0.2) is 0 Å². The molecule has 0 amide bonds. The van der Waals surface area contributed by atoms with Crippen molar-refractivity contribution in [1.29, 1.82) is 0 Å². The smallest absolute Gasteiger partial charge is 0.176 e. The third-order valence-electron chi connectivity index (χ3n) is 2.41. The highest BCUT2D eigenvalue weighted by atomic mass is 32.1. The van der Waals surface area contributed by atoms with E-state index in [-0.39, 0.29) is 5.13 Å². The minimum atomic E-state index is -0.0500. The Balaban J connectivity index is 1.99. The van der Waals surface area contributed by atoms with Crippen LogP contribution in [0.4, 0.5) is 4.39 Å². The van der Waals surface area contributed by atoms with Crippen molar-refractivity contribution in [2.45, 2.75) is 51.9 Å². The zero-order valence-corrected chi connectivity index (χ0v) is 9.71. The van der Waals surface area contributed by atoms with Gasteiger partial charge in [-0.3, -0.25) is 0 Å². The molecule has 0 atom stereocenters. The van der Waals surface area contributed by atoms with Crippen LogP contribution in [0, 0.1) is 5.13 Å². The van der Waals surface area contributed by atoms with E-state index in [4.69, 9.17) is 0 Å². The van der Waals surface area contributed by atoms with Crippen LogP contribution in [-0.2, 0) is 6.42 Å². The number of hydrogen-bond acceptors (Lipinski definition) is 1. The first-order chi connectivity index (χ1) is 6.83. The maximum atomic E-state index is 12.6. The number of aryl methyl sites for hydroxylation is 1. The average Bonchev–Trinajstić information content (AvgIpc) is 2.58. The van der Waals surface area contributed by atoms with Crippen molar-refractivity contribution in [3.63, 3.8) is 0 Å². The minimum Gasteiger partial charge on any atom is -0.195 e. The molecule has 0 aromatic carbocycles. The molecule has 1 aromatic heterocycles. The SMILES string of the molecule is CCCCCCCCc1ccc(F)s1. The Kier molecular flexibility index (Phi) is 5.85. The van der Waals surface area contributed by atoms with E-state index in [1.165, 1.54) is 54.7 Å². The molecule has 2 heteroatoms. The average molecular weight is 214 g/mol. The van der Waals surface area contributed by atoms with Gasteiger partial charge in [-0.2, -0.15) is 4.39 Å². The van der Waals surface area contributed by atoms with E-state index < -0.39 is 0 Å². The quantitative estimate of drug-likeness (QED) is 0.572. The summed E-state index contributed by atoms with van der Waals surface area (Å²) < 4.78 is 12.6. The lowest BCUT2D eigenvalue weighted by molar-refractivity contribution is 0.609. The maximum Gasteiger partial charge on any atom is 0.176 e. The lowest BCUT2D eigenvalue weighted by Gasteiger charge is -1.98. The highest BCUT2D eigenvalue weighted by molar-refractivity contribution is 7.10. The number of thiophene rings is 1. The fraction of sp³-hybridized carbons (Fsp3) is 0.667. The van der Waals surface area contributed by atoms with Crippen molar-refractivity contribution >= 4 is 11.3 Å². The van der Waals surface area contributed by atoms with Crippen LogP contribution in [0.5, 0.6) is 0 Å². The number of hydrogen-bond donors (Lipinski definition) is 0. The molecule has 0 spiro atoms. The summed E-state index contributed by atoms with van der Waals surface area (Å²) in [5, 5.41) is -0.0500. The molecule has 0 unspecified atom stereocenters. The number of halogens is 1. The second kappa shape index (κ2) is 6.99. The van der Waals surface area contributed by atoms with E-state index in [1.807, 2.05) is 6.07 Å². The fourth-order valence-corrected chi connectivity index (χ4v) is 2.33. The van der Waals surface area contributed by atoms with Gasteiger partial charge in [0.05, 0.1) is 0 Å². The molecule has 0 fully saturated rings. The monoisotopic (exact) mass is 214 g/mol. The summed E-state index contributed by atoms with van der Waals surface area (Å²) in [6.45, 7) is 2.23. The van der Waals surface area contributed by atoms with Gasteiger partial charge >= 0.3 is 0 Å². The molecule has 0 aliphatic heterocycles. The second-order valence-corrected chi connectivity index (χ2v) is 4.84. The van der Waals surface area contributed by atoms with E-state index in [2.05, 4.69) is 6.92 Å². The van der Waals surface area contributed by atoms with Crippen molar-refractivity contribution in [1.82, 2.24) is 0 Å². The van der Waals surface area contributed by atoms with Crippen molar-refractivity contribution in [3.8, 4) is 0 Å². The van der Waals surface area contributed by atoms with Gasteiger partial charge < -0.3 is 0 Å². The minimum absolute atomic E-state index is 0.0500. The predicted octanol–water partition coefficient (Wildman–Crippen LogP) is 4.79. The van der Waals surface area contributed by atoms with E-state index in [1.54, 1.807) is 6.07 Å². The standard InChI is InChI=1S/C12H19FS/c1-2-3-4-5-6-7-8-11-9-10-12(13)14-11/h9-10H,2-8H2,1H3. The highest BCUT2D eigenvalue weighted by Crippen LogP contribution is 2.17. The summed E-state index contributed by atoms with van der Waals surface area (Å²) in [6.07, 6.45) is 8.91. The topological polar surface area (TPSA) is 0 Å². The molecule has 0 N–H and O–H groups in total. The highest BCUT2D eigenvalue weighted by Gasteiger charge is 1.98. The molecule has 0 aliphatic rings. The molecule has 0 bridgehead atoms. The van der Waals surface area contributed by atoms with Crippen LogP contribution < -0.4 is 0 Å². The fourth-order valence-electron chi connectivity index (χ4n) is 1.57. The Labute approximate surface area is 90.2 Å². The first-order valence-corrected chi connectivity index (χ1v) is 6.39. The molecular weight excluding hydrogens is 195 g/mol. The normalized spacial score (nSPS) is 10.7. The molecule has 0 saturated carbocycles. The first-order valence-electron chi connectivity index (χ1n) is 5.57. The maximum absolute atomic E-state index is 12.6. The van der Waals surface area contributed by atoms with Crippen molar-refractivity contribution in [2.24, 2.45) is 0 Å². The summed E-state index contributed by atoms with van der Waals surface area (Å²) in [5.41, 5.74) is 0. The van der Waals surface area contributed by atoms with Crippen LogP contribution in [0.1, 0.15) is 50.3 Å². The second-order valence-electron chi connectivity index (χ2n) is 3.72. The third kappa shape index (κ3) is 4.75. The van der Waals surface area contributed by atoms with Gasteiger partial charge in [0.2, 0.25) is 0 Å². The Morgan fingerprint density at radius 2 is 1.79 bits per heavy atom. The number of rotatable bonds is 7. The van der Waals surface area contributed by atoms with Crippen LogP contribution in [0.25, 0.3) is 0 Å². The van der Waals surface area contributed by atoms with Crippen LogP contribution in [0.2, 0.25) is 0 Å². The van der Waals surface area contributed by atoms with Crippen LogP contribution in [0.15, 0.2) is 12.1 Å². The van der Waals surface area contributed by atoms with Crippen molar-refractivity contribution < 1.29 is 4.39 Å². The van der Waals surface area contributed by atoms with E-state index in [0.717, 1.165) is 6.42 Å². The van der Waals surface area contributed by atoms with Crippen molar-refractivity contribution in [2.75, 3.05) is 0 Å². The molecular formula is C12H19FS. The van der Waals surface area contributed by atoms with E-state index in [9.17, 15) is 4.39 Å². The molecule has 0 aliphatic carbocycles. The van der Waals surface area contributed by atoms with Gasteiger partial charge in [0, 0.05) is 4.88 Å². The zero-order chi connectivity index (χ0) is 10.2. The van der Waals surface area contributed by atoms with Gasteiger partial charge in [0.15, 0.2) is 5.13 Å². The summed E-state index contributed by atoms with van der Waals surface area (Å²) in [5.74, 6) is 0. The Hall–Kier alpha value is -0.370. The molecule has 1 rings (SSSR count). The van der Waals surface area contributed by atoms with Crippen LogP contribution >= 0.6 is 11.3 Å². The number of unbranched alkanes of at least 4 members (excludes halogenated alkanes) is 5. The van der Waals surface area contributed by atoms with Crippen LogP contribution in [0.3, 0.4) is 0 Å². The lowest BCUT2D eigenvalue weighted by atomic mass is 10.1. The van der Waals surface area contributed by atoms with E-state index >= 15 is 0 Å². The molecule has 14 heavy (non-hydrogen) atoms. The lowest BCUT2D eigenvalue weighted by Crippen LogP contribution is -1.82. The van der Waals surface area contributed by atoms with Gasteiger partial charge in [0.1, 0.15) is 0 Å². The van der Waals surface area contributed by atoms with Gasteiger partial charge in [0.25, 0.3) is 0 Å². The largest absolute Gasteiger partial charge is 0.195 e. The summed E-state index contributed by atoms with van der Waals surface area (Å²) in [4.78, 5) is 1.19. The molecule has 1 heterocycles. The first kappa shape index (κ1) is 11.7. The summed E-state index contributed by atoms with van der Waals surface area (Å²) >= 11 is 1.29. The Bertz CT molecular complexity index is 242. The van der Waals surface area contributed by atoms with Gasteiger partial charge in [-0.05, 0) is 25.0 Å². The van der Waals surface area contributed by atoms with Crippen LogP contribution in [-0.4, -0.2) is 0 Å². The molecule has 80 valence electrons. The Morgan fingerprint density at radius 1 is 1.07 bits per heavy atom. The molecule has 1 aromatic rings.